The van der Waals surface area contributed by atoms with E-state index >= 15 is 0 Å². The van der Waals surface area contributed by atoms with E-state index in [1.54, 1.807) is 5.38 Å². The highest BCUT2D eigenvalue weighted by molar-refractivity contribution is 7.07. The maximum atomic E-state index is 12.6. The molecule has 0 saturated carbocycles. The molecule has 7 heteroatoms. The topological polar surface area (TPSA) is 69.6 Å². The average Bonchev–Trinajstić information content (AvgIpc) is 3.29. The first-order chi connectivity index (χ1) is 13.5. The van der Waals surface area contributed by atoms with E-state index in [1.807, 2.05) is 56.3 Å². The number of ether oxygens (including phenoxy) is 2. The number of aryl methyl sites for hydroxylation is 1. The highest BCUT2D eigenvalue weighted by atomic mass is 32.1. The van der Waals surface area contributed by atoms with Crippen molar-refractivity contribution in [2.75, 3.05) is 6.79 Å². The fourth-order valence-electron chi connectivity index (χ4n) is 3.13. The minimum atomic E-state index is -0.223. The van der Waals surface area contributed by atoms with E-state index in [0.717, 1.165) is 33.7 Å². The lowest BCUT2D eigenvalue weighted by Crippen LogP contribution is -2.32. The van der Waals surface area contributed by atoms with Crippen molar-refractivity contribution in [3.63, 3.8) is 0 Å². The summed E-state index contributed by atoms with van der Waals surface area (Å²) in [5.74, 6) is 1.16. The van der Waals surface area contributed by atoms with E-state index in [2.05, 4.69) is 5.32 Å². The lowest BCUT2D eigenvalue weighted by molar-refractivity contribution is -0.122. The van der Waals surface area contributed by atoms with Crippen LogP contribution in [0.1, 0.15) is 24.1 Å². The summed E-state index contributed by atoms with van der Waals surface area (Å²) in [6.45, 7) is 4.09. The van der Waals surface area contributed by atoms with E-state index in [0.29, 0.717) is 11.5 Å². The predicted molar refractivity (Wildman–Crippen MR) is 108 cm³/mol. The number of fused-ring (bicyclic) bond motifs is 1. The lowest BCUT2D eigenvalue weighted by Gasteiger charge is -2.16. The molecule has 1 unspecified atom stereocenters. The van der Waals surface area contributed by atoms with Crippen LogP contribution in [0.25, 0.3) is 11.3 Å². The minimum Gasteiger partial charge on any atom is -0.454 e. The first kappa shape index (κ1) is 18.3. The third kappa shape index (κ3) is 3.66. The molecule has 0 saturated heterocycles. The van der Waals surface area contributed by atoms with E-state index in [-0.39, 0.29) is 30.2 Å². The van der Waals surface area contributed by atoms with Crippen LogP contribution in [0.3, 0.4) is 0 Å². The zero-order chi connectivity index (χ0) is 19.7. The second-order valence-electron chi connectivity index (χ2n) is 6.74. The van der Waals surface area contributed by atoms with Crippen molar-refractivity contribution in [1.82, 2.24) is 9.88 Å². The summed E-state index contributed by atoms with van der Waals surface area (Å²) < 4.78 is 12.2. The fourth-order valence-corrected chi connectivity index (χ4v) is 3.89. The van der Waals surface area contributed by atoms with Gasteiger partial charge in [-0.2, -0.15) is 0 Å². The van der Waals surface area contributed by atoms with Crippen molar-refractivity contribution in [3.05, 3.63) is 68.6 Å². The summed E-state index contributed by atoms with van der Waals surface area (Å²) in [5.41, 5.74) is 3.72. The molecular weight excluding hydrogens is 376 g/mol. The maximum Gasteiger partial charge on any atom is 0.308 e. The summed E-state index contributed by atoms with van der Waals surface area (Å²) in [6, 6.07) is 13.3. The van der Waals surface area contributed by atoms with Gasteiger partial charge in [0, 0.05) is 5.38 Å². The Balaban J connectivity index is 1.49. The number of aromatic nitrogens is 1. The van der Waals surface area contributed by atoms with Crippen LogP contribution in [0.15, 0.2) is 52.6 Å². The Morgan fingerprint density at radius 2 is 1.93 bits per heavy atom. The molecule has 0 radical (unpaired) electrons. The Morgan fingerprint density at radius 3 is 2.71 bits per heavy atom. The van der Waals surface area contributed by atoms with Gasteiger partial charge in [-0.15, -0.1) is 0 Å². The van der Waals surface area contributed by atoms with Crippen LogP contribution in [0.2, 0.25) is 0 Å². The van der Waals surface area contributed by atoms with Gasteiger partial charge in [0.2, 0.25) is 12.7 Å². The molecule has 0 bridgehead atoms. The maximum absolute atomic E-state index is 12.6. The standard InChI is InChI=1S/C21H20N2O4S/c1-13-3-5-15(6-4-13)17-11-28-21(25)23(17)10-20(24)22-14(2)16-7-8-18-19(9-16)27-12-26-18/h3-9,11,14H,10,12H2,1-2H3,(H,22,24). The second kappa shape index (κ2) is 7.52. The van der Waals surface area contributed by atoms with Crippen molar-refractivity contribution in [2.24, 2.45) is 0 Å². The molecule has 1 amide bonds. The number of thiazole rings is 1. The molecule has 1 atom stereocenters. The third-order valence-electron chi connectivity index (χ3n) is 4.71. The average molecular weight is 396 g/mol. The van der Waals surface area contributed by atoms with E-state index in [9.17, 15) is 9.59 Å². The molecule has 0 spiro atoms. The Hall–Kier alpha value is -3.06. The van der Waals surface area contributed by atoms with Gasteiger partial charge in [0.15, 0.2) is 11.5 Å². The van der Waals surface area contributed by atoms with Crippen molar-refractivity contribution < 1.29 is 14.3 Å². The Bertz CT molecular complexity index is 1070. The van der Waals surface area contributed by atoms with Gasteiger partial charge >= 0.3 is 4.87 Å². The number of hydrogen-bond acceptors (Lipinski definition) is 5. The first-order valence-corrected chi connectivity index (χ1v) is 9.83. The number of benzene rings is 2. The van der Waals surface area contributed by atoms with E-state index in [4.69, 9.17) is 9.47 Å². The molecule has 1 aliphatic heterocycles. The van der Waals surface area contributed by atoms with Crippen LogP contribution >= 0.6 is 11.3 Å². The quantitative estimate of drug-likeness (QED) is 0.717. The van der Waals surface area contributed by atoms with Crippen molar-refractivity contribution >= 4 is 17.2 Å². The van der Waals surface area contributed by atoms with Crippen LogP contribution < -0.4 is 19.7 Å². The Labute approximate surface area is 166 Å². The zero-order valence-corrected chi connectivity index (χ0v) is 16.4. The molecule has 1 N–H and O–H groups in total. The molecule has 3 aromatic rings. The van der Waals surface area contributed by atoms with Gasteiger partial charge in [0.05, 0.1) is 11.7 Å². The predicted octanol–water partition coefficient (Wildman–Crippen LogP) is 3.49. The number of amides is 1. The van der Waals surface area contributed by atoms with Crippen LogP contribution in [0.4, 0.5) is 0 Å². The Kier molecular flexibility index (Phi) is 4.92. The summed E-state index contributed by atoms with van der Waals surface area (Å²) >= 11 is 1.10. The van der Waals surface area contributed by atoms with E-state index < -0.39 is 0 Å². The number of nitrogens with one attached hydrogen (secondary N) is 1. The number of hydrogen-bond donors (Lipinski definition) is 1. The van der Waals surface area contributed by atoms with Crippen LogP contribution in [-0.4, -0.2) is 17.3 Å². The van der Waals surface area contributed by atoms with Crippen molar-refractivity contribution in [2.45, 2.75) is 26.4 Å². The highest BCUT2D eigenvalue weighted by Gasteiger charge is 2.18. The Morgan fingerprint density at radius 1 is 1.18 bits per heavy atom. The van der Waals surface area contributed by atoms with Crippen LogP contribution in [-0.2, 0) is 11.3 Å². The van der Waals surface area contributed by atoms with Gasteiger partial charge in [-0.3, -0.25) is 14.2 Å². The van der Waals surface area contributed by atoms with Gasteiger partial charge in [0.1, 0.15) is 6.54 Å². The van der Waals surface area contributed by atoms with Crippen LogP contribution in [0, 0.1) is 6.92 Å². The van der Waals surface area contributed by atoms with Gasteiger partial charge in [-0.25, -0.2) is 0 Å². The van der Waals surface area contributed by atoms with Gasteiger partial charge in [-0.05, 0) is 37.1 Å². The van der Waals surface area contributed by atoms with Gasteiger partial charge in [-0.1, -0.05) is 47.2 Å². The monoisotopic (exact) mass is 396 g/mol. The fraction of sp³-hybridized carbons (Fsp3) is 0.238. The molecule has 2 heterocycles. The number of nitrogens with zero attached hydrogens (tertiary/aromatic N) is 1. The molecule has 0 aliphatic carbocycles. The normalized spacial score (nSPS) is 13.4. The molecule has 144 valence electrons. The third-order valence-corrected chi connectivity index (χ3v) is 5.47. The minimum absolute atomic E-state index is 0.0273. The molecule has 28 heavy (non-hydrogen) atoms. The molecule has 4 rings (SSSR count). The molecule has 0 fully saturated rings. The highest BCUT2D eigenvalue weighted by Crippen LogP contribution is 2.34. The molecule has 6 nitrogen and oxygen atoms in total. The smallest absolute Gasteiger partial charge is 0.308 e. The lowest BCUT2D eigenvalue weighted by atomic mass is 10.1. The van der Waals surface area contributed by atoms with Crippen molar-refractivity contribution in [1.29, 1.82) is 0 Å². The summed E-state index contributed by atoms with van der Waals surface area (Å²) in [5, 5.41) is 4.74. The molecular formula is C21H20N2O4S. The van der Waals surface area contributed by atoms with Crippen LogP contribution in [0.5, 0.6) is 11.5 Å². The summed E-state index contributed by atoms with van der Waals surface area (Å²) in [4.78, 5) is 24.7. The first-order valence-electron chi connectivity index (χ1n) is 8.95. The number of carbonyl (C=O) groups is 1. The van der Waals surface area contributed by atoms with Gasteiger partial charge in [0.25, 0.3) is 0 Å². The molecule has 1 aliphatic rings. The molecule has 2 aromatic carbocycles. The largest absolute Gasteiger partial charge is 0.454 e. The summed E-state index contributed by atoms with van der Waals surface area (Å²) in [7, 11) is 0. The zero-order valence-electron chi connectivity index (χ0n) is 15.6. The SMILES string of the molecule is Cc1ccc(-c2csc(=O)n2CC(=O)NC(C)c2ccc3c(c2)OCO3)cc1. The number of carbonyl (C=O) groups excluding carboxylic acids is 1. The van der Waals surface area contributed by atoms with E-state index in [1.165, 1.54) is 4.57 Å². The molecule has 1 aromatic heterocycles. The second-order valence-corrected chi connectivity index (χ2v) is 7.56. The van der Waals surface area contributed by atoms with Gasteiger partial charge < -0.3 is 14.8 Å². The summed E-state index contributed by atoms with van der Waals surface area (Å²) in [6.07, 6.45) is 0. The number of rotatable bonds is 5. The van der Waals surface area contributed by atoms with Crippen molar-refractivity contribution in [3.8, 4) is 22.8 Å².